The molecule has 0 aromatic carbocycles. The molecule has 1 rings (SSSR count). The fraction of sp³-hybridized carbons (Fsp3) is 0.167. The third kappa shape index (κ3) is 1.60. The molecular formula is C6H5ClNS. The van der Waals surface area contributed by atoms with Gasteiger partial charge < -0.3 is 0 Å². The first-order valence-corrected chi connectivity index (χ1v) is 4.01. The van der Waals surface area contributed by atoms with Gasteiger partial charge in [0, 0.05) is 11.1 Å². The Balaban J connectivity index is 3.01. The lowest BCUT2D eigenvalue weighted by Gasteiger charge is -1.94. The molecular weight excluding hydrogens is 154 g/mol. The summed E-state index contributed by atoms with van der Waals surface area (Å²) in [5.74, 6) is 0. The van der Waals surface area contributed by atoms with Crippen molar-refractivity contribution in [3.63, 3.8) is 0 Å². The normalized spacial score (nSPS) is 9.56. The summed E-state index contributed by atoms with van der Waals surface area (Å²) in [6.07, 6.45) is 6.29. The number of aromatic nitrogens is 1. The topological polar surface area (TPSA) is 12.9 Å². The number of halogens is 1. The zero-order valence-electron chi connectivity index (χ0n) is 4.89. The van der Waals surface area contributed by atoms with Gasteiger partial charge in [-0.05, 0) is 12.3 Å². The highest BCUT2D eigenvalue weighted by atomic mass is 35.5. The second kappa shape index (κ2) is 3.08. The van der Waals surface area contributed by atoms with Gasteiger partial charge in [-0.15, -0.1) is 11.8 Å². The zero-order chi connectivity index (χ0) is 6.69. The predicted octanol–water partition coefficient (Wildman–Crippen LogP) is 2.26. The molecule has 0 atom stereocenters. The molecule has 0 fully saturated rings. The van der Waals surface area contributed by atoms with E-state index < -0.39 is 0 Å². The number of rotatable bonds is 1. The monoisotopic (exact) mass is 158 g/mol. The van der Waals surface area contributed by atoms with Crippen molar-refractivity contribution in [3.05, 3.63) is 23.5 Å². The Bertz CT molecular complexity index is 202. The summed E-state index contributed by atoms with van der Waals surface area (Å²) in [4.78, 5) is 4.74. The second-order valence-electron chi connectivity index (χ2n) is 1.44. The zero-order valence-corrected chi connectivity index (χ0v) is 6.46. The summed E-state index contributed by atoms with van der Waals surface area (Å²) in [5.41, 5.74) is 0. The van der Waals surface area contributed by atoms with Gasteiger partial charge in [-0.25, -0.2) is 0 Å². The van der Waals surface area contributed by atoms with Crippen molar-refractivity contribution in [2.75, 3.05) is 6.26 Å². The summed E-state index contributed by atoms with van der Waals surface area (Å²) in [6.45, 7) is 0. The number of thioether (sulfide) groups is 1. The van der Waals surface area contributed by atoms with Crippen LogP contribution in [0.1, 0.15) is 0 Å². The van der Waals surface area contributed by atoms with Crippen LogP contribution in [0.5, 0.6) is 0 Å². The molecule has 0 aliphatic carbocycles. The van der Waals surface area contributed by atoms with Crippen LogP contribution < -0.4 is 0 Å². The van der Waals surface area contributed by atoms with E-state index in [9.17, 15) is 0 Å². The Kier molecular flexibility index (Phi) is 2.37. The van der Waals surface area contributed by atoms with Crippen LogP contribution in [0.15, 0.2) is 17.2 Å². The molecule has 0 aliphatic heterocycles. The van der Waals surface area contributed by atoms with Gasteiger partial charge in [0.15, 0.2) is 0 Å². The Morgan fingerprint density at radius 1 is 1.78 bits per heavy atom. The lowest BCUT2D eigenvalue weighted by Crippen LogP contribution is -1.74. The molecule has 47 valence electrons. The molecule has 0 aliphatic rings. The average Bonchev–Trinajstić information content (AvgIpc) is 1.89. The molecule has 0 bridgehead atoms. The van der Waals surface area contributed by atoms with Gasteiger partial charge in [0.1, 0.15) is 6.20 Å². The van der Waals surface area contributed by atoms with Gasteiger partial charge in [0.25, 0.3) is 0 Å². The molecule has 1 nitrogen and oxygen atoms in total. The van der Waals surface area contributed by atoms with Crippen LogP contribution >= 0.6 is 23.4 Å². The van der Waals surface area contributed by atoms with Crippen molar-refractivity contribution in [2.45, 2.75) is 4.90 Å². The standard InChI is InChI=1S/C6H5ClNS/c1-9-6-2-3-8-4-5(6)7/h2-3H,1H3. The van der Waals surface area contributed by atoms with E-state index >= 15 is 0 Å². The van der Waals surface area contributed by atoms with E-state index in [-0.39, 0.29) is 0 Å². The molecule has 0 N–H and O–H groups in total. The third-order valence-electron chi connectivity index (χ3n) is 0.899. The number of nitrogens with zero attached hydrogens (tertiary/aromatic N) is 1. The van der Waals surface area contributed by atoms with Gasteiger partial charge in [-0.1, -0.05) is 11.6 Å². The number of hydrogen-bond acceptors (Lipinski definition) is 2. The molecule has 1 radical (unpaired) electrons. The van der Waals surface area contributed by atoms with E-state index in [1.165, 1.54) is 0 Å². The summed E-state index contributed by atoms with van der Waals surface area (Å²) in [6, 6.07) is 1.86. The van der Waals surface area contributed by atoms with Crippen LogP contribution in [0, 0.1) is 6.20 Å². The Hall–Kier alpha value is -0.210. The molecule has 0 saturated heterocycles. The lowest BCUT2D eigenvalue weighted by atomic mass is 10.5. The molecule has 9 heavy (non-hydrogen) atoms. The van der Waals surface area contributed by atoms with Crippen molar-refractivity contribution in [1.82, 2.24) is 4.98 Å². The lowest BCUT2D eigenvalue weighted by molar-refractivity contribution is 1.25. The molecule has 0 spiro atoms. The first-order valence-electron chi connectivity index (χ1n) is 2.41. The van der Waals surface area contributed by atoms with E-state index in [4.69, 9.17) is 11.6 Å². The molecule has 1 aromatic rings. The quantitative estimate of drug-likeness (QED) is 0.582. The van der Waals surface area contributed by atoms with E-state index in [2.05, 4.69) is 11.2 Å². The minimum atomic E-state index is 0.602. The van der Waals surface area contributed by atoms with Gasteiger partial charge >= 0.3 is 0 Å². The molecule has 0 amide bonds. The minimum absolute atomic E-state index is 0.602. The van der Waals surface area contributed by atoms with Crippen molar-refractivity contribution in [2.24, 2.45) is 0 Å². The maximum Gasteiger partial charge on any atom is 0.110 e. The SMILES string of the molecule is CSc1ccn[c]c1Cl. The maximum atomic E-state index is 5.69. The summed E-state index contributed by atoms with van der Waals surface area (Å²) in [5, 5.41) is 0.602. The van der Waals surface area contributed by atoms with Crippen LogP contribution in [0.2, 0.25) is 5.02 Å². The fourth-order valence-electron chi connectivity index (χ4n) is 0.485. The number of pyridine rings is 1. The van der Waals surface area contributed by atoms with Crippen LogP contribution in [0.4, 0.5) is 0 Å². The summed E-state index contributed by atoms with van der Waals surface area (Å²) in [7, 11) is 0. The van der Waals surface area contributed by atoms with Crippen molar-refractivity contribution in [1.29, 1.82) is 0 Å². The second-order valence-corrected chi connectivity index (χ2v) is 2.67. The molecule has 0 saturated carbocycles. The van der Waals surface area contributed by atoms with E-state index in [1.807, 2.05) is 12.3 Å². The summed E-state index contributed by atoms with van der Waals surface area (Å²) < 4.78 is 0. The molecule has 3 heteroatoms. The Morgan fingerprint density at radius 2 is 2.56 bits per heavy atom. The minimum Gasteiger partial charge on any atom is -0.253 e. The van der Waals surface area contributed by atoms with Crippen LogP contribution in [-0.2, 0) is 0 Å². The first kappa shape index (κ1) is 6.90. The maximum absolute atomic E-state index is 5.69. The van der Waals surface area contributed by atoms with Gasteiger partial charge in [-0.3, -0.25) is 4.98 Å². The molecule has 0 unspecified atom stereocenters. The van der Waals surface area contributed by atoms with Gasteiger partial charge in [-0.2, -0.15) is 0 Å². The van der Waals surface area contributed by atoms with Crippen molar-refractivity contribution in [3.8, 4) is 0 Å². The largest absolute Gasteiger partial charge is 0.253 e. The highest BCUT2D eigenvalue weighted by molar-refractivity contribution is 7.98. The number of hydrogen-bond donors (Lipinski definition) is 0. The van der Waals surface area contributed by atoms with Crippen LogP contribution in [0.3, 0.4) is 0 Å². The fourth-order valence-corrected chi connectivity index (χ4v) is 1.25. The first-order chi connectivity index (χ1) is 4.34. The third-order valence-corrected chi connectivity index (χ3v) is 2.08. The van der Waals surface area contributed by atoms with Crippen LogP contribution in [0.25, 0.3) is 0 Å². The van der Waals surface area contributed by atoms with Crippen molar-refractivity contribution < 1.29 is 0 Å². The van der Waals surface area contributed by atoms with Crippen LogP contribution in [-0.4, -0.2) is 11.2 Å². The van der Waals surface area contributed by atoms with Gasteiger partial charge in [0.05, 0.1) is 5.02 Å². The highest BCUT2D eigenvalue weighted by Gasteiger charge is 1.94. The summed E-state index contributed by atoms with van der Waals surface area (Å²) >= 11 is 7.28. The average molecular weight is 159 g/mol. The van der Waals surface area contributed by atoms with E-state index in [0.29, 0.717) is 5.02 Å². The van der Waals surface area contributed by atoms with E-state index in [1.54, 1.807) is 18.0 Å². The molecule has 1 heterocycles. The highest BCUT2D eigenvalue weighted by Crippen LogP contribution is 2.22. The molecule has 1 aromatic heterocycles. The van der Waals surface area contributed by atoms with Gasteiger partial charge in [0.2, 0.25) is 0 Å². The Morgan fingerprint density at radius 3 is 3.00 bits per heavy atom. The smallest absolute Gasteiger partial charge is 0.110 e. The predicted molar refractivity (Wildman–Crippen MR) is 39.9 cm³/mol. The van der Waals surface area contributed by atoms with E-state index in [0.717, 1.165) is 4.90 Å². The van der Waals surface area contributed by atoms with Crippen molar-refractivity contribution >= 4 is 23.4 Å². The Labute approximate surface area is 63.4 Å².